The molecule has 0 N–H and O–H groups in total. The Balaban J connectivity index is 1.37. The highest BCUT2D eigenvalue weighted by molar-refractivity contribution is 5.27. The van der Waals surface area contributed by atoms with E-state index in [0.29, 0.717) is 0 Å². The molecule has 1 aliphatic carbocycles. The van der Waals surface area contributed by atoms with Crippen molar-refractivity contribution in [2.45, 2.75) is 51.0 Å². The van der Waals surface area contributed by atoms with E-state index in [1.54, 1.807) is 7.11 Å². The zero-order valence-corrected chi connectivity index (χ0v) is 16.4. The zero-order chi connectivity index (χ0) is 18.2. The number of aryl methyl sites for hydroxylation is 1. The van der Waals surface area contributed by atoms with E-state index in [1.165, 1.54) is 62.6 Å². The average Bonchev–Trinajstić information content (AvgIpc) is 2.70. The molecule has 0 aromatic heterocycles. The first-order valence-electron chi connectivity index (χ1n) is 10.1. The molecule has 0 atom stereocenters. The van der Waals surface area contributed by atoms with Crippen LogP contribution < -0.4 is 4.74 Å². The SMILES string of the molecule is COc1ccc(CC2CCC(N(C)CCCc3ccccc3)CC2)cc1. The molecule has 0 bridgehead atoms. The van der Waals surface area contributed by atoms with Crippen molar-refractivity contribution in [2.24, 2.45) is 5.92 Å². The van der Waals surface area contributed by atoms with Gasteiger partial charge in [0.1, 0.15) is 5.75 Å². The van der Waals surface area contributed by atoms with E-state index in [2.05, 4.69) is 66.5 Å². The number of nitrogens with zero attached hydrogens (tertiary/aromatic N) is 1. The zero-order valence-electron chi connectivity index (χ0n) is 16.4. The number of hydrogen-bond acceptors (Lipinski definition) is 2. The van der Waals surface area contributed by atoms with Crippen LogP contribution >= 0.6 is 0 Å². The van der Waals surface area contributed by atoms with Gasteiger partial charge in [0.25, 0.3) is 0 Å². The Morgan fingerprint density at radius 3 is 2.23 bits per heavy atom. The second kappa shape index (κ2) is 9.78. The molecular weight excluding hydrogens is 318 g/mol. The van der Waals surface area contributed by atoms with Crippen LogP contribution in [0, 0.1) is 5.92 Å². The number of benzene rings is 2. The molecule has 2 aromatic carbocycles. The van der Waals surface area contributed by atoms with Crippen molar-refractivity contribution in [3.63, 3.8) is 0 Å². The fraction of sp³-hybridized carbons (Fsp3) is 0.500. The highest BCUT2D eigenvalue weighted by Crippen LogP contribution is 2.30. The quantitative estimate of drug-likeness (QED) is 0.635. The first-order chi connectivity index (χ1) is 12.7. The smallest absolute Gasteiger partial charge is 0.118 e. The predicted molar refractivity (Wildman–Crippen MR) is 110 cm³/mol. The van der Waals surface area contributed by atoms with Crippen LogP contribution in [0.5, 0.6) is 5.75 Å². The molecule has 2 aromatic rings. The molecule has 0 unspecified atom stereocenters. The lowest BCUT2D eigenvalue weighted by atomic mass is 9.82. The summed E-state index contributed by atoms with van der Waals surface area (Å²) in [4.78, 5) is 2.60. The van der Waals surface area contributed by atoms with Gasteiger partial charge >= 0.3 is 0 Å². The molecule has 2 heteroatoms. The van der Waals surface area contributed by atoms with Crippen LogP contribution in [-0.2, 0) is 12.8 Å². The lowest BCUT2D eigenvalue weighted by Crippen LogP contribution is -2.36. The van der Waals surface area contributed by atoms with Crippen LogP contribution in [0.1, 0.15) is 43.2 Å². The molecule has 1 fully saturated rings. The van der Waals surface area contributed by atoms with Gasteiger partial charge in [0.15, 0.2) is 0 Å². The summed E-state index contributed by atoms with van der Waals surface area (Å²) in [6, 6.07) is 20.3. The fourth-order valence-corrected chi connectivity index (χ4v) is 4.24. The van der Waals surface area contributed by atoms with E-state index in [9.17, 15) is 0 Å². The Hall–Kier alpha value is -1.80. The molecule has 1 saturated carbocycles. The van der Waals surface area contributed by atoms with Crippen molar-refractivity contribution >= 4 is 0 Å². The van der Waals surface area contributed by atoms with Crippen molar-refractivity contribution in [3.05, 3.63) is 65.7 Å². The Morgan fingerprint density at radius 1 is 0.885 bits per heavy atom. The van der Waals surface area contributed by atoms with Gasteiger partial charge in [0.05, 0.1) is 7.11 Å². The van der Waals surface area contributed by atoms with Crippen LogP contribution in [0.3, 0.4) is 0 Å². The maximum Gasteiger partial charge on any atom is 0.118 e. The van der Waals surface area contributed by atoms with Gasteiger partial charge in [-0.1, -0.05) is 42.5 Å². The summed E-state index contributed by atoms with van der Waals surface area (Å²) in [5.41, 5.74) is 2.91. The molecule has 3 rings (SSSR count). The minimum Gasteiger partial charge on any atom is -0.497 e. The maximum absolute atomic E-state index is 5.25. The molecular formula is C24H33NO. The Bertz CT molecular complexity index is 629. The Kier molecular flexibility index (Phi) is 7.13. The van der Waals surface area contributed by atoms with Gasteiger partial charge in [-0.2, -0.15) is 0 Å². The van der Waals surface area contributed by atoms with Crippen molar-refractivity contribution in [2.75, 3.05) is 20.7 Å². The molecule has 0 amide bonds. The van der Waals surface area contributed by atoms with E-state index >= 15 is 0 Å². The highest BCUT2D eigenvalue weighted by Gasteiger charge is 2.23. The highest BCUT2D eigenvalue weighted by atomic mass is 16.5. The van der Waals surface area contributed by atoms with E-state index in [0.717, 1.165) is 17.7 Å². The largest absolute Gasteiger partial charge is 0.497 e. The second-order valence-corrected chi connectivity index (χ2v) is 7.80. The molecule has 0 spiro atoms. The molecule has 0 heterocycles. The minimum absolute atomic E-state index is 0.776. The van der Waals surface area contributed by atoms with E-state index in [4.69, 9.17) is 4.74 Å². The monoisotopic (exact) mass is 351 g/mol. The summed E-state index contributed by atoms with van der Waals surface area (Å²) in [6.07, 6.45) is 9.09. The predicted octanol–water partition coefficient (Wildman–Crippen LogP) is 5.36. The number of methoxy groups -OCH3 is 1. The molecule has 0 radical (unpaired) electrons. The lowest BCUT2D eigenvalue weighted by Gasteiger charge is -2.35. The van der Waals surface area contributed by atoms with Gasteiger partial charge in [0, 0.05) is 6.04 Å². The van der Waals surface area contributed by atoms with Crippen molar-refractivity contribution < 1.29 is 4.74 Å². The number of rotatable bonds is 8. The van der Waals surface area contributed by atoms with Gasteiger partial charge in [-0.25, -0.2) is 0 Å². The fourth-order valence-electron chi connectivity index (χ4n) is 4.24. The summed E-state index contributed by atoms with van der Waals surface area (Å²) < 4.78 is 5.25. The van der Waals surface area contributed by atoms with Crippen LogP contribution in [0.4, 0.5) is 0 Å². The molecule has 26 heavy (non-hydrogen) atoms. The van der Waals surface area contributed by atoms with Gasteiger partial charge in [-0.15, -0.1) is 0 Å². The van der Waals surface area contributed by atoms with Gasteiger partial charge in [-0.3, -0.25) is 0 Å². The third-order valence-electron chi connectivity index (χ3n) is 5.94. The average molecular weight is 352 g/mol. The topological polar surface area (TPSA) is 12.5 Å². The van der Waals surface area contributed by atoms with Gasteiger partial charge < -0.3 is 9.64 Å². The minimum atomic E-state index is 0.776. The number of hydrogen-bond donors (Lipinski definition) is 0. The molecule has 2 nitrogen and oxygen atoms in total. The third-order valence-corrected chi connectivity index (χ3v) is 5.94. The second-order valence-electron chi connectivity index (χ2n) is 7.80. The Labute approximate surface area is 159 Å². The van der Waals surface area contributed by atoms with E-state index < -0.39 is 0 Å². The van der Waals surface area contributed by atoms with E-state index in [1.807, 2.05) is 0 Å². The first-order valence-corrected chi connectivity index (χ1v) is 10.1. The van der Waals surface area contributed by atoms with Crippen LogP contribution in [0.25, 0.3) is 0 Å². The van der Waals surface area contributed by atoms with Crippen LogP contribution in [0.2, 0.25) is 0 Å². The summed E-state index contributed by atoms with van der Waals surface area (Å²) in [6.45, 7) is 1.21. The summed E-state index contributed by atoms with van der Waals surface area (Å²) in [5.74, 6) is 1.80. The standard InChI is InChI=1S/C24H33NO/c1-25(18-6-9-20-7-4-3-5-8-20)23-14-10-21(11-15-23)19-22-12-16-24(26-2)17-13-22/h3-5,7-8,12-13,16-17,21,23H,6,9-11,14-15,18-19H2,1-2H3. The molecule has 140 valence electrons. The summed E-state index contributed by atoms with van der Waals surface area (Å²) in [7, 11) is 4.05. The van der Waals surface area contributed by atoms with Gasteiger partial charge in [-0.05, 0) is 87.7 Å². The first kappa shape index (κ1) is 19.0. The summed E-state index contributed by atoms with van der Waals surface area (Å²) in [5, 5.41) is 0. The van der Waals surface area contributed by atoms with Gasteiger partial charge in [0.2, 0.25) is 0 Å². The lowest BCUT2D eigenvalue weighted by molar-refractivity contribution is 0.163. The van der Waals surface area contributed by atoms with Crippen molar-refractivity contribution in [1.82, 2.24) is 4.90 Å². The third kappa shape index (κ3) is 5.60. The molecule has 0 saturated heterocycles. The van der Waals surface area contributed by atoms with Crippen molar-refractivity contribution in [1.29, 1.82) is 0 Å². The molecule has 0 aliphatic heterocycles. The van der Waals surface area contributed by atoms with Crippen molar-refractivity contribution in [3.8, 4) is 5.75 Å². The normalized spacial score (nSPS) is 20.3. The maximum atomic E-state index is 5.25. The number of ether oxygens (including phenoxy) is 1. The Morgan fingerprint density at radius 2 is 1.58 bits per heavy atom. The van der Waals surface area contributed by atoms with Crippen LogP contribution in [-0.4, -0.2) is 31.6 Å². The van der Waals surface area contributed by atoms with E-state index in [-0.39, 0.29) is 0 Å². The molecule has 1 aliphatic rings. The van der Waals surface area contributed by atoms with Crippen LogP contribution in [0.15, 0.2) is 54.6 Å². The summed E-state index contributed by atoms with van der Waals surface area (Å²) >= 11 is 0.